The molecular weight excluding hydrogens is 293 g/mol. The van der Waals surface area contributed by atoms with Crippen LogP contribution in [0.4, 0.5) is 0 Å². The van der Waals surface area contributed by atoms with E-state index in [4.69, 9.17) is 23.2 Å². The summed E-state index contributed by atoms with van der Waals surface area (Å²) in [6, 6.07) is 5.92. The van der Waals surface area contributed by atoms with Crippen molar-refractivity contribution in [3.05, 3.63) is 47.5 Å². The molecule has 1 aromatic rings. The Labute approximate surface area is 118 Å². The predicted molar refractivity (Wildman–Crippen MR) is 69.1 cm³/mol. The van der Waals surface area contributed by atoms with E-state index >= 15 is 0 Å². The normalized spacial score (nSPS) is 12.5. The maximum atomic E-state index is 10.6. The second-order valence-electron chi connectivity index (χ2n) is 3.32. The van der Waals surface area contributed by atoms with Gasteiger partial charge in [-0.25, -0.2) is 0 Å². The van der Waals surface area contributed by atoms with Crippen molar-refractivity contribution in [1.29, 1.82) is 0 Å². The van der Waals surface area contributed by atoms with E-state index in [-0.39, 0.29) is 22.9 Å². The first-order chi connectivity index (χ1) is 8.90. The maximum absolute atomic E-state index is 10.6. The van der Waals surface area contributed by atoms with E-state index in [9.17, 15) is 19.2 Å². The molecule has 5 nitrogen and oxygen atoms in total. The van der Waals surface area contributed by atoms with E-state index in [1.165, 1.54) is 30.4 Å². The van der Waals surface area contributed by atoms with Crippen LogP contribution in [0.3, 0.4) is 0 Å². The van der Waals surface area contributed by atoms with Gasteiger partial charge in [-0.15, -0.1) is 0 Å². The molecule has 1 aliphatic heterocycles. The Morgan fingerprint density at radius 2 is 1.32 bits per heavy atom. The minimum atomic E-state index is -0.602. The number of halogens is 2. The maximum Gasteiger partial charge on any atom is 0.252 e. The predicted octanol–water partition coefficient (Wildman–Crippen LogP) is 1.64. The fraction of sp³-hybridized carbons (Fsp3) is 0. The highest BCUT2D eigenvalue weighted by atomic mass is 35.5. The Balaban J connectivity index is 0.000000218. The number of nitrogens with one attached hydrogen (secondary N) is 1. The number of carbonyl (C=O) groups excluding carboxylic acids is 4. The minimum Gasteiger partial charge on any atom is -0.289 e. The van der Waals surface area contributed by atoms with Gasteiger partial charge in [-0.2, -0.15) is 0 Å². The number of benzene rings is 1. The monoisotopic (exact) mass is 299 g/mol. The van der Waals surface area contributed by atoms with Crippen molar-refractivity contribution in [3.8, 4) is 0 Å². The van der Waals surface area contributed by atoms with Crippen LogP contribution >= 0.6 is 23.2 Å². The second kappa shape index (κ2) is 6.82. The molecule has 2 amide bonds. The largest absolute Gasteiger partial charge is 0.289 e. The summed E-state index contributed by atoms with van der Waals surface area (Å²) < 4.78 is 0. The molecule has 0 fully saturated rings. The molecule has 0 spiro atoms. The third kappa shape index (κ3) is 5.03. The molecular formula is C12H7Cl2NO4. The quantitative estimate of drug-likeness (QED) is 0.665. The first-order valence-electron chi connectivity index (χ1n) is 4.93. The molecule has 98 valence electrons. The van der Waals surface area contributed by atoms with Gasteiger partial charge in [0.25, 0.3) is 22.3 Å². The lowest BCUT2D eigenvalue weighted by Gasteiger charge is -1.95. The molecule has 1 N–H and O–H groups in total. The molecule has 0 saturated carbocycles. The molecule has 19 heavy (non-hydrogen) atoms. The zero-order chi connectivity index (χ0) is 14.4. The van der Waals surface area contributed by atoms with Gasteiger partial charge in [0.15, 0.2) is 0 Å². The lowest BCUT2D eigenvalue weighted by molar-refractivity contribution is -0.123. The summed E-state index contributed by atoms with van der Waals surface area (Å²) >= 11 is 10.4. The summed E-state index contributed by atoms with van der Waals surface area (Å²) in [5, 5.41) is 0.824. The van der Waals surface area contributed by atoms with Crippen molar-refractivity contribution in [1.82, 2.24) is 5.32 Å². The molecule has 1 heterocycles. The molecule has 2 rings (SSSR count). The van der Waals surface area contributed by atoms with Gasteiger partial charge in [0.05, 0.1) is 0 Å². The van der Waals surface area contributed by atoms with Crippen LogP contribution in [0, 0.1) is 0 Å². The standard InChI is InChI=1S/C8H4Cl2O2.C4H3NO2/c9-7(11)5-2-1-3-6(4-5)8(10)12;6-3-1-2-4(7)5-3/h1-4H;1-2H,(H,5,6,7). The van der Waals surface area contributed by atoms with Crippen LogP contribution in [-0.4, -0.2) is 22.3 Å². The van der Waals surface area contributed by atoms with Crippen molar-refractivity contribution in [2.45, 2.75) is 0 Å². The van der Waals surface area contributed by atoms with Gasteiger partial charge < -0.3 is 0 Å². The highest BCUT2D eigenvalue weighted by molar-refractivity contribution is 6.69. The van der Waals surface area contributed by atoms with E-state index in [1.807, 2.05) is 5.32 Å². The van der Waals surface area contributed by atoms with Crippen LogP contribution in [0.1, 0.15) is 20.7 Å². The van der Waals surface area contributed by atoms with Crippen molar-refractivity contribution in [2.24, 2.45) is 0 Å². The van der Waals surface area contributed by atoms with E-state index in [1.54, 1.807) is 6.07 Å². The smallest absolute Gasteiger partial charge is 0.252 e. The van der Waals surface area contributed by atoms with Gasteiger partial charge >= 0.3 is 0 Å². The van der Waals surface area contributed by atoms with Gasteiger partial charge in [-0.05, 0) is 29.3 Å². The molecule has 1 aromatic carbocycles. The van der Waals surface area contributed by atoms with Gasteiger partial charge in [0.2, 0.25) is 0 Å². The number of rotatable bonds is 2. The molecule has 0 radical (unpaired) electrons. The SMILES string of the molecule is O=C(Cl)c1cccc(C(=O)Cl)c1.O=C1C=CC(=O)N1. The third-order valence-corrected chi connectivity index (χ3v) is 2.39. The summed E-state index contributed by atoms with van der Waals surface area (Å²) in [6.45, 7) is 0. The molecule has 0 saturated heterocycles. The summed E-state index contributed by atoms with van der Waals surface area (Å²) in [5.41, 5.74) is 0.534. The second-order valence-corrected chi connectivity index (χ2v) is 4.00. The van der Waals surface area contributed by atoms with E-state index in [0.29, 0.717) is 0 Å². The zero-order valence-electron chi connectivity index (χ0n) is 9.35. The molecule has 7 heteroatoms. The third-order valence-electron chi connectivity index (χ3n) is 1.95. The number of imide groups is 1. The minimum absolute atomic E-state index is 0.267. The van der Waals surface area contributed by atoms with Gasteiger partial charge in [0.1, 0.15) is 0 Å². The highest BCUT2D eigenvalue weighted by Gasteiger charge is 2.07. The summed E-state index contributed by atoms with van der Waals surface area (Å²) in [5.74, 6) is -0.657. The highest BCUT2D eigenvalue weighted by Crippen LogP contribution is 2.09. The fourth-order valence-electron chi connectivity index (χ4n) is 1.12. The number of carbonyl (C=O) groups is 4. The van der Waals surface area contributed by atoms with Crippen LogP contribution in [0.15, 0.2) is 36.4 Å². The Kier molecular flexibility index (Phi) is 5.41. The average Bonchev–Trinajstić information content (AvgIpc) is 2.74. The number of amides is 2. The number of hydrogen-bond acceptors (Lipinski definition) is 4. The molecule has 0 aromatic heterocycles. The lowest BCUT2D eigenvalue weighted by Crippen LogP contribution is -2.19. The van der Waals surface area contributed by atoms with E-state index < -0.39 is 10.5 Å². The zero-order valence-corrected chi connectivity index (χ0v) is 10.9. The molecule has 1 aliphatic rings. The topological polar surface area (TPSA) is 80.3 Å². The van der Waals surface area contributed by atoms with Crippen LogP contribution in [0.25, 0.3) is 0 Å². The summed E-state index contributed by atoms with van der Waals surface area (Å²) in [7, 11) is 0. The summed E-state index contributed by atoms with van der Waals surface area (Å²) in [4.78, 5) is 41.3. The van der Waals surface area contributed by atoms with Crippen LogP contribution in [-0.2, 0) is 9.59 Å². The Hall–Kier alpha value is -1.98. The van der Waals surface area contributed by atoms with Crippen molar-refractivity contribution in [3.63, 3.8) is 0 Å². The van der Waals surface area contributed by atoms with E-state index in [0.717, 1.165) is 0 Å². The first-order valence-corrected chi connectivity index (χ1v) is 5.68. The summed E-state index contributed by atoms with van der Waals surface area (Å²) in [6.07, 6.45) is 2.39. The van der Waals surface area contributed by atoms with Crippen LogP contribution in [0.5, 0.6) is 0 Å². The van der Waals surface area contributed by atoms with Crippen LogP contribution < -0.4 is 5.32 Å². The van der Waals surface area contributed by atoms with Crippen molar-refractivity contribution in [2.75, 3.05) is 0 Å². The average molecular weight is 300 g/mol. The molecule has 0 bridgehead atoms. The molecule has 0 aliphatic carbocycles. The van der Waals surface area contributed by atoms with Gasteiger partial charge in [-0.1, -0.05) is 18.2 Å². The Morgan fingerprint density at radius 1 is 0.895 bits per heavy atom. The van der Waals surface area contributed by atoms with Crippen molar-refractivity contribution >= 4 is 45.5 Å². The number of hydrogen-bond donors (Lipinski definition) is 1. The fourth-order valence-corrected chi connectivity index (χ4v) is 1.35. The Morgan fingerprint density at radius 3 is 1.58 bits per heavy atom. The van der Waals surface area contributed by atoms with E-state index in [2.05, 4.69) is 0 Å². The first kappa shape index (κ1) is 15.1. The van der Waals surface area contributed by atoms with Crippen LogP contribution in [0.2, 0.25) is 0 Å². The molecule has 0 unspecified atom stereocenters. The Bertz CT molecular complexity index is 536. The lowest BCUT2D eigenvalue weighted by atomic mass is 10.1. The van der Waals surface area contributed by atoms with Gasteiger partial charge in [0, 0.05) is 23.3 Å². The molecule has 0 atom stereocenters. The van der Waals surface area contributed by atoms with Gasteiger partial charge in [-0.3, -0.25) is 24.5 Å². The van der Waals surface area contributed by atoms with Crippen molar-refractivity contribution < 1.29 is 19.2 Å².